The van der Waals surface area contributed by atoms with E-state index in [0.717, 1.165) is 14.9 Å². The highest BCUT2D eigenvalue weighted by molar-refractivity contribution is 9.10. The van der Waals surface area contributed by atoms with Crippen LogP contribution in [-0.2, 0) is 11.3 Å². The molecule has 0 aliphatic rings. The highest BCUT2D eigenvalue weighted by Crippen LogP contribution is 2.21. The molecule has 0 saturated heterocycles. The van der Waals surface area contributed by atoms with Gasteiger partial charge in [0.2, 0.25) is 5.91 Å². The first-order chi connectivity index (χ1) is 11.2. The van der Waals surface area contributed by atoms with Crippen molar-refractivity contribution in [1.82, 2.24) is 9.78 Å². The number of amides is 1. The molecule has 4 nitrogen and oxygen atoms in total. The molecule has 1 aromatic carbocycles. The molecule has 0 spiro atoms. The van der Waals surface area contributed by atoms with Gasteiger partial charge in [0.15, 0.2) is 0 Å². The molecule has 23 heavy (non-hydrogen) atoms. The Morgan fingerprint density at radius 2 is 2.13 bits per heavy atom. The van der Waals surface area contributed by atoms with E-state index >= 15 is 0 Å². The van der Waals surface area contributed by atoms with Crippen LogP contribution in [-0.4, -0.2) is 15.7 Å². The number of nitrogens with one attached hydrogen (secondary N) is 1. The second-order valence-corrected chi connectivity index (χ2v) is 6.75. The lowest BCUT2D eigenvalue weighted by Crippen LogP contribution is -2.13. The summed E-state index contributed by atoms with van der Waals surface area (Å²) in [4.78, 5) is 13.2. The molecule has 0 radical (unpaired) electrons. The average molecular weight is 388 g/mol. The predicted molar refractivity (Wildman–Crippen MR) is 97.5 cm³/mol. The van der Waals surface area contributed by atoms with E-state index in [9.17, 15) is 4.79 Å². The van der Waals surface area contributed by atoms with E-state index in [0.29, 0.717) is 12.4 Å². The Balaban J connectivity index is 1.65. The second kappa shape index (κ2) is 7.39. The number of aromatic nitrogens is 2. The number of hydrogen-bond acceptors (Lipinski definition) is 3. The minimum atomic E-state index is -0.178. The second-order valence-electron chi connectivity index (χ2n) is 4.84. The molecule has 0 aliphatic carbocycles. The van der Waals surface area contributed by atoms with Crippen molar-refractivity contribution in [2.75, 3.05) is 5.32 Å². The van der Waals surface area contributed by atoms with Gasteiger partial charge in [-0.15, -0.1) is 11.3 Å². The summed E-state index contributed by atoms with van der Waals surface area (Å²) in [5.74, 6) is 0.500. The molecule has 0 atom stereocenters. The lowest BCUT2D eigenvalue weighted by Gasteiger charge is -2.06. The van der Waals surface area contributed by atoms with Gasteiger partial charge < -0.3 is 5.32 Å². The lowest BCUT2D eigenvalue weighted by atomic mass is 10.2. The molecular formula is C17H14BrN3OS. The van der Waals surface area contributed by atoms with Crippen molar-refractivity contribution < 1.29 is 4.79 Å². The number of anilines is 1. The predicted octanol–water partition coefficient (Wildman–Crippen LogP) is 4.41. The van der Waals surface area contributed by atoms with E-state index in [4.69, 9.17) is 0 Å². The van der Waals surface area contributed by atoms with Gasteiger partial charge in [-0.3, -0.25) is 4.79 Å². The Morgan fingerprint density at radius 3 is 2.87 bits per heavy atom. The Bertz CT molecular complexity index is 823. The minimum Gasteiger partial charge on any atom is -0.307 e. The van der Waals surface area contributed by atoms with Crippen molar-refractivity contribution in [2.45, 2.75) is 6.54 Å². The Labute approximate surface area is 146 Å². The molecule has 6 heteroatoms. The molecule has 1 amide bonds. The first-order valence-electron chi connectivity index (χ1n) is 6.99. The monoisotopic (exact) mass is 387 g/mol. The van der Waals surface area contributed by atoms with Gasteiger partial charge >= 0.3 is 0 Å². The molecule has 2 heterocycles. The van der Waals surface area contributed by atoms with Crippen molar-refractivity contribution in [2.24, 2.45) is 0 Å². The van der Waals surface area contributed by atoms with Gasteiger partial charge in [-0.05, 0) is 33.6 Å². The zero-order valence-corrected chi connectivity index (χ0v) is 14.5. The standard InChI is InChI=1S/C17H14BrN3OS/c18-14-10-15(23-12-14)11-21-16(8-9-19-21)20-17(22)7-6-13-4-2-1-3-5-13/h1-10,12H,11H2,(H,20,22)/b7-6+. The van der Waals surface area contributed by atoms with Crippen LogP contribution >= 0.6 is 27.3 Å². The summed E-state index contributed by atoms with van der Waals surface area (Å²) in [5.41, 5.74) is 0.986. The number of nitrogens with zero attached hydrogens (tertiary/aromatic N) is 2. The number of benzene rings is 1. The van der Waals surface area contributed by atoms with Crippen LogP contribution in [0.2, 0.25) is 0 Å². The summed E-state index contributed by atoms with van der Waals surface area (Å²) < 4.78 is 2.83. The number of carbonyl (C=O) groups is 1. The van der Waals surface area contributed by atoms with Crippen molar-refractivity contribution in [3.63, 3.8) is 0 Å². The van der Waals surface area contributed by atoms with Crippen LogP contribution in [0, 0.1) is 0 Å². The smallest absolute Gasteiger partial charge is 0.249 e. The number of hydrogen-bond donors (Lipinski definition) is 1. The maximum absolute atomic E-state index is 12.0. The topological polar surface area (TPSA) is 46.9 Å². The molecule has 1 N–H and O–H groups in total. The maximum atomic E-state index is 12.0. The van der Waals surface area contributed by atoms with Crippen molar-refractivity contribution in [1.29, 1.82) is 0 Å². The fourth-order valence-corrected chi connectivity index (χ4v) is 3.49. The number of rotatable bonds is 5. The van der Waals surface area contributed by atoms with Crippen molar-refractivity contribution >= 4 is 45.1 Å². The normalized spacial score (nSPS) is 11.0. The Hall–Kier alpha value is -2.18. The van der Waals surface area contributed by atoms with Crippen LogP contribution in [0.5, 0.6) is 0 Å². The third kappa shape index (κ3) is 4.40. The van der Waals surface area contributed by atoms with Crippen LogP contribution in [0.3, 0.4) is 0 Å². The minimum absolute atomic E-state index is 0.178. The van der Waals surface area contributed by atoms with E-state index in [1.165, 1.54) is 6.08 Å². The SMILES string of the molecule is O=C(/C=C/c1ccccc1)Nc1ccnn1Cc1cc(Br)cs1. The van der Waals surface area contributed by atoms with Gasteiger partial charge in [-0.25, -0.2) is 4.68 Å². The van der Waals surface area contributed by atoms with Crippen LogP contribution in [0.15, 0.2) is 64.6 Å². The number of carbonyl (C=O) groups excluding carboxylic acids is 1. The summed E-state index contributed by atoms with van der Waals surface area (Å²) in [6, 6.07) is 13.5. The van der Waals surface area contributed by atoms with Crippen LogP contribution in [0.4, 0.5) is 5.82 Å². The molecular weight excluding hydrogens is 374 g/mol. The summed E-state index contributed by atoms with van der Waals surface area (Å²) in [6.07, 6.45) is 4.99. The molecule has 3 rings (SSSR count). The molecule has 3 aromatic rings. The largest absolute Gasteiger partial charge is 0.307 e. The molecule has 0 bridgehead atoms. The average Bonchev–Trinajstić information content (AvgIpc) is 3.16. The van der Waals surface area contributed by atoms with Gasteiger partial charge in [-0.1, -0.05) is 30.3 Å². The zero-order valence-electron chi connectivity index (χ0n) is 12.1. The third-order valence-electron chi connectivity index (χ3n) is 3.12. The fraction of sp³-hybridized carbons (Fsp3) is 0.0588. The first-order valence-corrected chi connectivity index (χ1v) is 8.67. The molecule has 0 aliphatic heterocycles. The molecule has 0 unspecified atom stereocenters. The highest BCUT2D eigenvalue weighted by Gasteiger charge is 2.07. The van der Waals surface area contributed by atoms with E-state index < -0.39 is 0 Å². The zero-order chi connectivity index (χ0) is 16.1. The molecule has 0 fully saturated rings. The molecule has 0 saturated carbocycles. The van der Waals surface area contributed by atoms with Crippen LogP contribution in [0.1, 0.15) is 10.4 Å². The van der Waals surface area contributed by atoms with E-state index in [2.05, 4.69) is 26.3 Å². The Kier molecular flexibility index (Phi) is 5.05. The van der Waals surface area contributed by atoms with Gasteiger partial charge in [0.1, 0.15) is 5.82 Å². The molecule has 2 aromatic heterocycles. The van der Waals surface area contributed by atoms with E-state index in [1.807, 2.05) is 41.8 Å². The first kappa shape index (κ1) is 15.7. The van der Waals surface area contributed by atoms with Crippen LogP contribution < -0.4 is 5.32 Å². The fourth-order valence-electron chi connectivity index (χ4n) is 2.05. The quantitative estimate of drug-likeness (QED) is 0.659. The Morgan fingerprint density at radius 1 is 1.30 bits per heavy atom. The summed E-state index contributed by atoms with van der Waals surface area (Å²) in [5, 5.41) is 9.14. The van der Waals surface area contributed by atoms with Crippen LogP contribution in [0.25, 0.3) is 6.08 Å². The third-order valence-corrected chi connectivity index (χ3v) is 4.80. The van der Waals surface area contributed by atoms with Gasteiger partial charge in [0.05, 0.1) is 12.7 Å². The van der Waals surface area contributed by atoms with E-state index in [-0.39, 0.29) is 5.91 Å². The summed E-state index contributed by atoms with van der Waals surface area (Å²) in [7, 11) is 0. The number of halogens is 1. The lowest BCUT2D eigenvalue weighted by molar-refractivity contribution is -0.111. The summed E-state index contributed by atoms with van der Waals surface area (Å²) in [6.45, 7) is 0.626. The highest BCUT2D eigenvalue weighted by atomic mass is 79.9. The van der Waals surface area contributed by atoms with Gasteiger partial charge in [-0.2, -0.15) is 5.10 Å². The molecule has 116 valence electrons. The maximum Gasteiger partial charge on any atom is 0.249 e. The van der Waals surface area contributed by atoms with E-state index in [1.54, 1.807) is 34.4 Å². The summed E-state index contributed by atoms with van der Waals surface area (Å²) >= 11 is 5.09. The van der Waals surface area contributed by atoms with Crippen molar-refractivity contribution in [3.05, 3.63) is 75.0 Å². The van der Waals surface area contributed by atoms with Gasteiger partial charge in [0.25, 0.3) is 0 Å². The van der Waals surface area contributed by atoms with Crippen molar-refractivity contribution in [3.8, 4) is 0 Å². The number of thiophene rings is 1. The van der Waals surface area contributed by atoms with Gasteiger partial charge in [0, 0.05) is 26.9 Å².